The molecule has 0 spiro atoms. The van der Waals surface area contributed by atoms with Gasteiger partial charge in [0.25, 0.3) is 11.5 Å². The van der Waals surface area contributed by atoms with Crippen molar-refractivity contribution in [2.75, 3.05) is 6.54 Å². The predicted octanol–water partition coefficient (Wildman–Crippen LogP) is 4.09. The van der Waals surface area contributed by atoms with Gasteiger partial charge in [-0.3, -0.25) is 9.59 Å². The number of amides is 1. The first-order chi connectivity index (χ1) is 13.1. The van der Waals surface area contributed by atoms with Crippen LogP contribution in [0.15, 0.2) is 46.6 Å². The topological polar surface area (TPSA) is 55.2 Å². The number of hydrogen-bond acceptors (Lipinski definition) is 4. The number of benzene rings is 1. The standard InChI is InChI=1S/C21H23N3O2S/c1-14(2)13-24-20(25)16-8-4-3-7-15(16)19(22-24)21(26)23-11-5-9-17(23)18-10-6-12-27-18/h3-4,6-8,10,12,14,17H,5,9,11,13H2,1-2H3. The Morgan fingerprint density at radius 1 is 1.22 bits per heavy atom. The molecule has 3 aromatic rings. The zero-order valence-electron chi connectivity index (χ0n) is 15.6. The number of hydrogen-bond donors (Lipinski definition) is 0. The lowest BCUT2D eigenvalue weighted by molar-refractivity contribution is 0.0731. The van der Waals surface area contributed by atoms with Gasteiger partial charge in [-0.2, -0.15) is 5.10 Å². The van der Waals surface area contributed by atoms with Gasteiger partial charge in [0.1, 0.15) is 0 Å². The number of nitrogens with zero attached hydrogens (tertiary/aromatic N) is 3. The zero-order chi connectivity index (χ0) is 19.0. The van der Waals surface area contributed by atoms with Gasteiger partial charge in [0, 0.05) is 23.4 Å². The van der Waals surface area contributed by atoms with Gasteiger partial charge in [0.05, 0.1) is 11.4 Å². The van der Waals surface area contributed by atoms with Crippen LogP contribution in [0.5, 0.6) is 0 Å². The van der Waals surface area contributed by atoms with E-state index in [2.05, 4.69) is 11.2 Å². The fourth-order valence-corrected chi connectivity index (χ4v) is 4.66. The number of rotatable bonds is 4. The van der Waals surface area contributed by atoms with Crippen molar-refractivity contribution in [1.29, 1.82) is 0 Å². The maximum absolute atomic E-state index is 13.5. The molecule has 0 N–H and O–H groups in total. The van der Waals surface area contributed by atoms with Gasteiger partial charge >= 0.3 is 0 Å². The molecule has 27 heavy (non-hydrogen) atoms. The minimum atomic E-state index is -0.132. The van der Waals surface area contributed by atoms with E-state index in [0.29, 0.717) is 23.0 Å². The Labute approximate surface area is 162 Å². The summed E-state index contributed by atoms with van der Waals surface area (Å²) >= 11 is 1.68. The van der Waals surface area contributed by atoms with Crippen LogP contribution in [0.25, 0.3) is 10.8 Å². The molecule has 1 unspecified atom stereocenters. The smallest absolute Gasteiger partial charge is 0.275 e. The Morgan fingerprint density at radius 2 is 2.00 bits per heavy atom. The number of fused-ring (bicyclic) bond motifs is 1. The molecule has 0 radical (unpaired) electrons. The Bertz CT molecular complexity index is 1020. The molecule has 5 nitrogen and oxygen atoms in total. The van der Waals surface area contributed by atoms with Crippen molar-refractivity contribution in [3.8, 4) is 0 Å². The number of carbonyl (C=O) groups is 1. The van der Waals surface area contributed by atoms with Crippen LogP contribution in [-0.2, 0) is 6.54 Å². The molecule has 0 saturated carbocycles. The van der Waals surface area contributed by atoms with E-state index in [1.165, 1.54) is 9.56 Å². The maximum Gasteiger partial charge on any atom is 0.275 e. The Hall–Kier alpha value is -2.47. The molecule has 1 atom stereocenters. The van der Waals surface area contributed by atoms with E-state index >= 15 is 0 Å². The summed E-state index contributed by atoms with van der Waals surface area (Å²) in [7, 11) is 0. The molecule has 1 aliphatic rings. The van der Waals surface area contributed by atoms with Crippen LogP contribution in [0.3, 0.4) is 0 Å². The highest BCUT2D eigenvalue weighted by atomic mass is 32.1. The van der Waals surface area contributed by atoms with Crippen LogP contribution in [-0.4, -0.2) is 27.1 Å². The van der Waals surface area contributed by atoms with E-state index in [0.717, 1.165) is 19.4 Å². The molecule has 4 rings (SSSR count). The molecule has 1 aliphatic heterocycles. The molecular weight excluding hydrogens is 358 g/mol. The molecule has 1 fully saturated rings. The number of aromatic nitrogens is 2. The van der Waals surface area contributed by atoms with Crippen LogP contribution in [0.1, 0.15) is 48.1 Å². The summed E-state index contributed by atoms with van der Waals surface area (Å²) < 4.78 is 1.45. The highest BCUT2D eigenvalue weighted by Gasteiger charge is 2.33. The van der Waals surface area contributed by atoms with E-state index < -0.39 is 0 Å². The van der Waals surface area contributed by atoms with Gasteiger partial charge < -0.3 is 4.90 Å². The third kappa shape index (κ3) is 3.30. The second kappa shape index (κ2) is 7.27. The Kier molecular flexibility index (Phi) is 4.83. The molecule has 6 heteroatoms. The first kappa shape index (κ1) is 17.9. The molecule has 1 amide bonds. The van der Waals surface area contributed by atoms with Crippen molar-refractivity contribution in [2.45, 2.75) is 39.3 Å². The predicted molar refractivity (Wildman–Crippen MR) is 108 cm³/mol. The molecule has 0 bridgehead atoms. The minimum Gasteiger partial charge on any atom is -0.329 e. The monoisotopic (exact) mass is 381 g/mol. The van der Waals surface area contributed by atoms with Crippen molar-refractivity contribution in [3.63, 3.8) is 0 Å². The fourth-order valence-electron chi connectivity index (χ4n) is 3.79. The van der Waals surface area contributed by atoms with Crippen LogP contribution in [0.4, 0.5) is 0 Å². The molecule has 140 valence electrons. The lowest BCUT2D eigenvalue weighted by atomic mass is 10.1. The van der Waals surface area contributed by atoms with E-state index in [1.54, 1.807) is 17.4 Å². The van der Waals surface area contributed by atoms with Gasteiger partial charge in [0.2, 0.25) is 0 Å². The van der Waals surface area contributed by atoms with Crippen molar-refractivity contribution in [1.82, 2.24) is 14.7 Å². The Balaban J connectivity index is 1.81. The molecule has 0 aliphatic carbocycles. The van der Waals surface area contributed by atoms with Crippen LogP contribution in [0.2, 0.25) is 0 Å². The largest absolute Gasteiger partial charge is 0.329 e. The number of thiophene rings is 1. The highest BCUT2D eigenvalue weighted by Crippen LogP contribution is 2.35. The average molecular weight is 382 g/mol. The van der Waals surface area contributed by atoms with E-state index in [-0.39, 0.29) is 23.4 Å². The number of likely N-dealkylation sites (tertiary alicyclic amines) is 1. The van der Waals surface area contributed by atoms with Gasteiger partial charge in [-0.05, 0) is 36.3 Å². The normalized spacial score (nSPS) is 17.1. The first-order valence-corrected chi connectivity index (χ1v) is 10.3. The summed E-state index contributed by atoms with van der Waals surface area (Å²) in [6.45, 7) is 5.30. The molecule has 3 heterocycles. The lowest BCUT2D eigenvalue weighted by Crippen LogP contribution is -2.34. The maximum atomic E-state index is 13.5. The summed E-state index contributed by atoms with van der Waals surface area (Å²) in [4.78, 5) is 29.4. The Morgan fingerprint density at radius 3 is 2.70 bits per heavy atom. The summed E-state index contributed by atoms with van der Waals surface area (Å²) in [5, 5.41) is 7.77. The molecule has 2 aromatic heterocycles. The average Bonchev–Trinajstić information content (AvgIpc) is 3.34. The van der Waals surface area contributed by atoms with Crippen molar-refractivity contribution >= 4 is 28.0 Å². The van der Waals surface area contributed by atoms with Gasteiger partial charge in [-0.15, -0.1) is 11.3 Å². The summed E-state index contributed by atoms with van der Waals surface area (Å²) in [5.41, 5.74) is 0.251. The quantitative estimate of drug-likeness (QED) is 0.684. The summed E-state index contributed by atoms with van der Waals surface area (Å²) in [6.07, 6.45) is 1.95. The van der Waals surface area contributed by atoms with Crippen molar-refractivity contribution < 1.29 is 4.79 Å². The van der Waals surface area contributed by atoms with Crippen LogP contribution < -0.4 is 5.56 Å². The SMILES string of the molecule is CC(C)Cn1nc(C(=O)N2CCCC2c2cccs2)c2ccccc2c1=O. The van der Waals surface area contributed by atoms with Gasteiger partial charge in [-0.1, -0.05) is 38.1 Å². The zero-order valence-corrected chi connectivity index (χ0v) is 16.4. The van der Waals surface area contributed by atoms with E-state index in [1.807, 2.05) is 48.4 Å². The molecular formula is C21H23N3O2S. The van der Waals surface area contributed by atoms with Crippen LogP contribution in [0, 0.1) is 5.92 Å². The van der Waals surface area contributed by atoms with Crippen molar-refractivity contribution in [3.05, 3.63) is 62.7 Å². The van der Waals surface area contributed by atoms with E-state index in [9.17, 15) is 9.59 Å². The summed E-state index contributed by atoms with van der Waals surface area (Å²) in [6, 6.07) is 11.5. The first-order valence-electron chi connectivity index (χ1n) is 9.40. The lowest BCUT2D eigenvalue weighted by Gasteiger charge is -2.24. The minimum absolute atomic E-state index is 0.0837. The highest BCUT2D eigenvalue weighted by molar-refractivity contribution is 7.10. The van der Waals surface area contributed by atoms with E-state index in [4.69, 9.17) is 0 Å². The van der Waals surface area contributed by atoms with Gasteiger partial charge in [0.15, 0.2) is 5.69 Å². The second-order valence-electron chi connectivity index (χ2n) is 7.45. The molecule has 1 saturated heterocycles. The second-order valence-corrected chi connectivity index (χ2v) is 8.43. The van der Waals surface area contributed by atoms with Crippen LogP contribution >= 0.6 is 11.3 Å². The third-order valence-corrected chi connectivity index (χ3v) is 5.97. The molecule has 1 aromatic carbocycles. The van der Waals surface area contributed by atoms with Gasteiger partial charge in [-0.25, -0.2) is 4.68 Å². The number of carbonyl (C=O) groups excluding carboxylic acids is 1. The fraction of sp³-hybridized carbons (Fsp3) is 0.381. The summed E-state index contributed by atoms with van der Waals surface area (Å²) in [5.74, 6) is 0.185. The third-order valence-electron chi connectivity index (χ3n) is 4.99. The van der Waals surface area contributed by atoms with Crippen molar-refractivity contribution in [2.24, 2.45) is 5.92 Å².